The third kappa shape index (κ3) is 3.00. The van der Waals surface area contributed by atoms with E-state index in [-0.39, 0.29) is 31.0 Å². The van der Waals surface area contributed by atoms with Crippen LogP contribution in [0, 0.1) is 0 Å². The van der Waals surface area contributed by atoms with Crippen LogP contribution in [0.25, 0.3) is 0 Å². The molecule has 4 amide bonds. The van der Waals surface area contributed by atoms with Gasteiger partial charge in [0.25, 0.3) is 5.91 Å². The van der Waals surface area contributed by atoms with Crippen LogP contribution in [0.3, 0.4) is 0 Å². The molecule has 3 aromatic rings. The van der Waals surface area contributed by atoms with Crippen molar-refractivity contribution in [3.8, 4) is 5.75 Å². The SMILES string of the molecule is O=C1NC2(CCc3ccccc32)C(=O)N1CC(=O)N1c2ccccc2OCC1c1ccccc1. The summed E-state index contributed by atoms with van der Waals surface area (Å²) in [5.74, 6) is -0.105. The molecule has 1 fully saturated rings. The Balaban J connectivity index is 1.33. The fraction of sp³-hybridized carbons (Fsp3) is 0.222. The Morgan fingerprint density at radius 2 is 1.71 bits per heavy atom. The Bertz CT molecular complexity index is 1310. The van der Waals surface area contributed by atoms with Gasteiger partial charge in [0.15, 0.2) is 0 Å². The van der Waals surface area contributed by atoms with Gasteiger partial charge in [-0.15, -0.1) is 0 Å². The molecule has 2 unspecified atom stereocenters. The lowest BCUT2D eigenvalue weighted by Crippen LogP contribution is -2.48. The summed E-state index contributed by atoms with van der Waals surface area (Å²) in [7, 11) is 0. The maximum Gasteiger partial charge on any atom is 0.325 e. The highest BCUT2D eigenvalue weighted by Gasteiger charge is 2.55. The van der Waals surface area contributed by atoms with Gasteiger partial charge in [-0.25, -0.2) is 4.79 Å². The van der Waals surface area contributed by atoms with E-state index in [0.29, 0.717) is 24.3 Å². The van der Waals surface area contributed by atoms with Crippen molar-refractivity contribution in [1.82, 2.24) is 10.2 Å². The Morgan fingerprint density at radius 3 is 2.56 bits per heavy atom. The molecular weight excluding hydrogens is 430 g/mol. The third-order valence-corrected chi connectivity index (χ3v) is 7.00. The molecule has 7 heteroatoms. The van der Waals surface area contributed by atoms with Crippen molar-refractivity contribution in [2.75, 3.05) is 18.1 Å². The number of ether oxygens (including phenoxy) is 1. The van der Waals surface area contributed by atoms with E-state index >= 15 is 0 Å². The molecule has 1 spiro atoms. The second-order valence-corrected chi connectivity index (χ2v) is 8.85. The summed E-state index contributed by atoms with van der Waals surface area (Å²) in [6, 6.07) is 23.7. The van der Waals surface area contributed by atoms with E-state index in [1.54, 1.807) is 4.90 Å². The lowest BCUT2D eigenvalue weighted by molar-refractivity contribution is -0.134. The summed E-state index contributed by atoms with van der Waals surface area (Å²) < 4.78 is 5.94. The molecule has 1 N–H and O–H groups in total. The maximum absolute atomic E-state index is 13.7. The van der Waals surface area contributed by atoms with Crippen molar-refractivity contribution in [2.24, 2.45) is 0 Å². The van der Waals surface area contributed by atoms with Crippen molar-refractivity contribution in [3.05, 3.63) is 95.6 Å². The molecule has 2 aliphatic heterocycles. The summed E-state index contributed by atoms with van der Waals surface area (Å²) in [5.41, 5.74) is 2.33. The number of benzene rings is 3. The molecule has 0 radical (unpaired) electrons. The molecule has 1 aliphatic carbocycles. The van der Waals surface area contributed by atoms with Crippen LogP contribution in [-0.4, -0.2) is 35.9 Å². The maximum atomic E-state index is 13.7. The van der Waals surface area contributed by atoms with Crippen molar-refractivity contribution >= 4 is 23.5 Å². The number of fused-ring (bicyclic) bond motifs is 3. The van der Waals surface area contributed by atoms with Crippen LogP contribution in [-0.2, 0) is 21.5 Å². The van der Waals surface area contributed by atoms with Gasteiger partial charge in [0.1, 0.15) is 24.4 Å². The molecule has 1 saturated heterocycles. The van der Waals surface area contributed by atoms with Gasteiger partial charge >= 0.3 is 6.03 Å². The number of rotatable bonds is 3. The minimum Gasteiger partial charge on any atom is -0.489 e. The number of amides is 4. The lowest BCUT2D eigenvalue weighted by Gasteiger charge is -2.37. The van der Waals surface area contributed by atoms with Gasteiger partial charge < -0.3 is 10.1 Å². The topological polar surface area (TPSA) is 79.0 Å². The number of para-hydroxylation sites is 2. The van der Waals surface area contributed by atoms with Crippen LogP contribution in [0.5, 0.6) is 5.75 Å². The number of carbonyl (C=O) groups excluding carboxylic acids is 3. The number of nitrogens with one attached hydrogen (secondary N) is 1. The molecule has 170 valence electrons. The van der Waals surface area contributed by atoms with Crippen LogP contribution in [0.2, 0.25) is 0 Å². The van der Waals surface area contributed by atoms with Crippen LogP contribution >= 0.6 is 0 Å². The number of hydrogen-bond acceptors (Lipinski definition) is 4. The van der Waals surface area contributed by atoms with Crippen LogP contribution in [0.1, 0.15) is 29.2 Å². The molecule has 0 aromatic heterocycles. The van der Waals surface area contributed by atoms with Crippen molar-refractivity contribution in [3.63, 3.8) is 0 Å². The third-order valence-electron chi connectivity index (χ3n) is 7.00. The molecule has 2 atom stereocenters. The number of nitrogens with zero attached hydrogens (tertiary/aromatic N) is 2. The Morgan fingerprint density at radius 1 is 0.971 bits per heavy atom. The van der Waals surface area contributed by atoms with Crippen molar-refractivity contribution in [1.29, 1.82) is 0 Å². The molecule has 0 saturated carbocycles. The van der Waals surface area contributed by atoms with Gasteiger partial charge in [-0.2, -0.15) is 0 Å². The predicted octanol–water partition coefficient (Wildman–Crippen LogP) is 3.55. The minimum atomic E-state index is -1.09. The van der Waals surface area contributed by atoms with Gasteiger partial charge in [-0.3, -0.25) is 19.4 Å². The second-order valence-electron chi connectivity index (χ2n) is 8.85. The van der Waals surface area contributed by atoms with Gasteiger partial charge in [0, 0.05) is 0 Å². The smallest absolute Gasteiger partial charge is 0.325 e. The first-order chi connectivity index (χ1) is 16.6. The summed E-state index contributed by atoms with van der Waals surface area (Å²) in [6.07, 6.45) is 1.20. The van der Waals surface area contributed by atoms with Crippen LogP contribution < -0.4 is 15.0 Å². The molecular formula is C27H23N3O4. The average molecular weight is 453 g/mol. The first-order valence-corrected chi connectivity index (χ1v) is 11.4. The highest BCUT2D eigenvalue weighted by atomic mass is 16.5. The zero-order chi connectivity index (χ0) is 23.3. The van der Waals surface area contributed by atoms with E-state index in [9.17, 15) is 14.4 Å². The molecule has 34 heavy (non-hydrogen) atoms. The number of anilines is 1. The molecule has 7 nitrogen and oxygen atoms in total. The average Bonchev–Trinajstić information content (AvgIpc) is 3.36. The summed E-state index contributed by atoms with van der Waals surface area (Å²) in [4.78, 5) is 43.0. The predicted molar refractivity (Wildman–Crippen MR) is 125 cm³/mol. The van der Waals surface area contributed by atoms with E-state index in [0.717, 1.165) is 21.6 Å². The van der Waals surface area contributed by atoms with Gasteiger partial charge in [-0.05, 0) is 41.7 Å². The van der Waals surface area contributed by atoms with Crippen molar-refractivity contribution in [2.45, 2.75) is 24.4 Å². The van der Waals surface area contributed by atoms with Crippen LogP contribution in [0.4, 0.5) is 10.5 Å². The van der Waals surface area contributed by atoms with Crippen molar-refractivity contribution < 1.29 is 19.1 Å². The molecule has 3 aromatic carbocycles. The zero-order valence-electron chi connectivity index (χ0n) is 18.4. The summed E-state index contributed by atoms with van der Waals surface area (Å²) >= 11 is 0. The largest absolute Gasteiger partial charge is 0.489 e. The monoisotopic (exact) mass is 453 g/mol. The zero-order valence-corrected chi connectivity index (χ0v) is 18.4. The van der Waals surface area contributed by atoms with E-state index < -0.39 is 11.6 Å². The highest BCUT2D eigenvalue weighted by Crippen LogP contribution is 2.42. The van der Waals surface area contributed by atoms with Crippen LogP contribution in [0.15, 0.2) is 78.9 Å². The number of carbonyl (C=O) groups is 3. The van der Waals surface area contributed by atoms with E-state index in [1.165, 1.54) is 0 Å². The summed E-state index contributed by atoms with van der Waals surface area (Å²) in [5, 5.41) is 2.90. The fourth-order valence-electron chi connectivity index (χ4n) is 5.36. The van der Waals surface area contributed by atoms with E-state index in [4.69, 9.17) is 4.74 Å². The molecule has 2 heterocycles. The number of urea groups is 1. The Labute approximate surface area is 196 Å². The van der Waals surface area contributed by atoms with Gasteiger partial charge in [-0.1, -0.05) is 66.7 Å². The second kappa shape index (κ2) is 7.73. The number of imide groups is 1. The number of aryl methyl sites for hydroxylation is 1. The first kappa shape index (κ1) is 20.5. The van der Waals surface area contributed by atoms with E-state index in [1.807, 2.05) is 78.9 Å². The summed E-state index contributed by atoms with van der Waals surface area (Å²) in [6.45, 7) is -0.0591. The minimum absolute atomic E-state index is 0.282. The highest BCUT2D eigenvalue weighted by molar-refractivity contribution is 6.11. The normalized spacial score (nSPS) is 22.9. The Kier molecular flexibility index (Phi) is 4.65. The molecule has 0 bridgehead atoms. The lowest BCUT2D eigenvalue weighted by atomic mass is 9.92. The molecule has 3 aliphatic rings. The van der Waals surface area contributed by atoms with Gasteiger partial charge in [0.05, 0.1) is 11.7 Å². The Hall–Kier alpha value is -4.13. The number of hydrogen-bond donors (Lipinski definition) is 1. The fourth-order valence-corrected chi connectivity index (χ4v) is 5.36. The molecule has 6 rings (SSSR count). The quantitative estimate of drug-likeness (QED) is 0.616. The van der Waals surface area contributed by atoms with Gasteiger partial charge in [0.2, 0.25) is 5.91 Å². The first-order valence-electron chi connectivity index (χ1n) is 11.4. The standard InChI is InChI=1S/C27H23N3O4/c31-24(16-29-25(32)27(28-26(29)33)15-14-18-8-4-5-11-20(18)27)30-21-12-6-7-13-23(21)34-17-22(30)19-9-2-1-3-10-19/h1-13,22H,14-17H2,(H,28,33). The van der Waals surface area contributed by atoms with E-state index in [2.05, 4.69) is 5.32 Å².